The molecule has 0 bridgehead atoms. The molecular formula is C19H22Cl2N2O2. The second-order valence-corrected chi connectivity index (χ2v) is 8.15. The summed E-state index contributed by atoms with van der Waals surface area (Å²) < 4.78 is 0. The van der Waals surface area contributed by atoms with E-state index in [2.05, 4.69) is 5.16 Å². The number of hydrogen-bond acceptors (Lipinski definition) is 3. The first-order valence-electron chi connectivity index (χ1n) is 8.91. The van der Waals surface area contributed by atoms with Crippen molar-refractivity contribution in [2.75, 3.05) is 6.54 Å². The zero-order valence-corrected chi connectivity index (χ0v) is 16.2. The van der Waals surface area contributed by atoms with Crippen molar-refractivity contribution in [3.05, 3.63) is 32.3 Å². The van der Waals surface area contributed by atoms with Crippen LogP contribution in [-0.2, 0) is 9.63 Å². The van der Waals surface area contributed by atoms with Gasteiger partial charge in [0.1, 0.15) is 17.7 Å². The summed E-state index contributed by atoms with van der Waals surface area (Å²) in [7, 11) is 0. The third kappa shape index (κ3) is 2.48. The number of piperidine rings is 2. The van der Waals surface area contributed by atoms with E-state index < -0.39 is 0 Å². The van der Waals surface area contributed by atoms with Crippen LogP contribution in [0.5, 0.6) is 0 Å². The fourth-order valence-electron chi connectivity index (χ4n) is 4.60. The van der Waals surface area contributed by atoms with Gasteiger partial charge in [0, 0.05) is 34.6 Å². The highest BCUT2D eigenvalue weighted by Crippen LogP contribution is 2.41. The van der Waals surface area contributed by atoms with Gasteiger partial charge in [0.15, 0.2) is 0 Å². The Morgan fingerprint density at radius 1 is 1.08 bits per heavy atom. The molecule has 2 fully saturated rings. The van der Waals surface area contributed by atoms with Crippen molar-refractivity contribution in [1.29, 1.82) is 0 Å². The van der Waals surface area contributed by atoms with Crippen LogP contribution in [0, 0.1) is 26.7 Å². The molecule has 0 radical (unpaired) electrons. The normalized spacial score (nSPS) is 28.4. The lowest BCUT2D eigenvalue weighted by atomic mass is 9.79. The number of rotatable bonds is 1. The minimum atomic E-state index is -0.346. The first kappa shape index (κ1) is 17.2. The van der Waals surface area contributed by atoms with Crippen LogP contribution >= 0.6 is 23.2 Å². The lowest BCUT2D eigenvalue weighted by Crippen LogP contribution is -2.56. The largest absolute Gasteiger partial charge is 0.391 e. The molecule has 3 aliphatic rings. The van der Waals surface area contributed by atoms with Crippen molar-refractivity contribution in [3.63, 3.8) is 0 Å². The van der Waals surface area contributed by atoms with Crippen LogP contribution in [0.4, 0.5) is 0 Å². The Hall–Kier alpha value is -1.26. The summed E-state index contributed by atoms with van der Waals surface area (Å²) in [5, 5.41) is 5.61. The van der Waals surface area contributed by atoms with E-state index in [1.165, 1.54) is 6.42 Å². The summed E-state index contributed by atoms with van der Waals surface area (Å²) in [6, 6.07) is 0.296. The fourth-order valence-corrected chi connectivity index (χ4v) is 5.03. The van der Waals surface area contributed by atoms with E-state index in [0.29, 0.717) is 21.8 Å². The van der Waals surface area contributed by atoms with Crippen molar-refractivity contribution in [2.24, 2.45) is 11.1 Å². The second kappa shape index (κ2) is 6.17. The Kier molecular flexibility index (Phi) is 4.24. The van der Waals surface area contributed by atoms with Gasteiger partial charge in [-0.05, 0) is 56.7 Å². The summed E-state index contributed by atoms with van der Waals surface area (Å²) in [6.45, 7) is 6.67. The molecular weight excluding hydrogens is 359 g/mol. The van der Waals surface area contributed by atoms with E-state index in [9.17, 15) is 4.79 Å². The van der Waals surface area contributed by atoms with Gasteiger partial charge < -0.3 is 9.74 Å². The monoisotopic (exact) mass is 380 g/mol. The molecule has 0 aliphatic carbocycles. The molecule has 0 spiro atoms. The maximum absolute atomic E-state index is 13.2. The highest BCUT2D eigenvalue weighted by molar-refractivity contribution is 6.38. The van der Waals surface area contributed by atoms with Crippen molar-refractivity contribution < 1.29 is 9.63 Å². The average molecular weight is 381 g/mol. The molecule has 1 aromatic carbocycles. The Morgan fingerprint density at radius 2 is 1.76 bits per heavy atom. The molecule has 3 aliphatic heterocycles. The third-order valence-corrected chi connectivity index (χ3v) is 7.09. The van der Waals surface area contributed by atoms with E-state index >= 15 is 0 Å². The molecule has 0 N–H and O–H groups in total. The summed E-state index contributed by atoms with van der Waals surface area (Å²) in [5.74, 6) is -0.203. The van der Waals surface area contributed by atoms with E-state index in [0.717, 1.165) is 48.1 Å². The maximum atomic E-state index is 13.2. The molecule has 3 atom stereocenters. The smallest absolute Gasteiger partial charge is 0.236 e. The van der Waals surface area contributed by atoms with Crippen LogP contribution in [0.2, 0.25) is 10.0 Å². The van der Waals surface area contributed by atoms with Gasteiger partial charge in [-0.3, -0.25) is 4.79 Å². The molecule has 3 heterocycles. The Bertz CT molecular complexity index is 761. The highest BCUT2D eigenvalue weighted by Gasteiger charge is 2.50. The Morgan fingerprint density at radius 3 is 2.44 bits per heavy atom. The van der Waals surface area contributed by atoms with Crippen LogP contribution in [0.15, 0.2) is 5.16 Å². The Balaban J connectivity index is 1.77. The van der Waals surface area contributed by atoms with Gasteiger partial charge >= 0.3 is 0 Å². The molecule has 1 amide bonds. The van der Waals surface area contributed by atoms with Gasteiger partial charge in [-0.1, -0.05) is 28.4 Å². The SMILES string of the molecule is Cc1c(Cl)c(C)c(C2=NO[C@@H]3C[C@H]4CCCCN4C(=O)[C@H]23)c(C)c1Cl. The number of carbonyl (C=O) groups is 1. The van der Waals surface area contributed by atoms with Gasteiger partial charge in [0.05, 0.1) is 0 Å². The van der Waals surface area contributed by atoms with E-state index in [1.807, 2.05) is 25.7 Å². The van der Waals surface area contributed by atoms with Crippen LogP contribution in [0.1, 0.15) is 47.9 Å². The second-order valence-electron chi connectivity index (χ2n) is 7.39. The van der Waals surface area contributed by atoms with Crippen LogP contribution in [-0.4, -0.2) is 35.2 Å². The molecule has 6 heteroatoms. The molecule has 134 valence electrons. The number of halogens is 2. The van der Waals surface area contributed by atoms with Crippen LogP contribution in [0.25, 0.3) is 0 Å². The first-order valence-corrected chi connectivity index (χ1v) is 9.66. The van der Waals surface area contributed by atoms with Gasteiger partial charge in [-0.25, -0.2) is 0 Å². The molecule has 4 nitrogen and oxygen atoms in total. The number of hydrogen-bond donors (Lipinski definition) is 0. The van der Waals surface area contributed by atoms with Crippen LogP contribution in [0.3, 0.4) is 0 Å². The topological polar surface area (TPSA) is 41.9 Å². The summed E-state index contributed by atoms with van der Waals surface area (Å²) in [5.41, 5.74) is 4.26. The predicted octanol–water partition coefficient (Wildman–Crippen LogP) is 4.42. The predicted molar refractivity (Wildman–Crippen MR) is 99.5 cm³/mol. The standard InChI is InChI=1S/C19H22Cl2N2O2/c1-9-14(10(2)17(21)11(3)16(9)20)18-15-13(25-22-18)8-12-6-4-5-7-23(12)19(15)24/h12-13,15H,4-8H2,1-3H3/t12-,13-,15+/m1/s1. The van der Waals surface area contributed by atoms with E-state index in [1.54, 1.807) is 0 Å². The fraction of sp³-hybridized carbons (Fsp3) is 0.579. The quantitative estimate of drug-likeness (QED) is 0.723. The lowest BCUT2D eigenvalue weighted by Gasteiger charge is -2.43. The molecule has 1 aromatic rings. The minimum Gasteiger partial charge on any atom is -0.391 e. The molecule has 0 saturated carbocycles. The molecule has 0 aromatic heterocycles. The third-order valence-electron chi connectivity index (χ3n) is 5.96. The minimum absolute atomic E-state index is 0.142. The number of carbonyl (C=O) groups excluding carboxylic acids is 1. The lowest BCUT2D eigenvalue weighted by molar-refractivity contribution is -0.147. The molecule has 4 rings (SSSR count). The number of fused-ring (bicyclic) bond motifs is 2. The number of oxime groups is 1. The summed E-state index contributed by atoms with van der Waals surface area (Å²) >= 11 is 13.0. The maximum Gasteiger partial charge on any atom is 0.236 e. The Labute approximate surface area is 158 Å². The molecule has 0 unspecified atom stereocenters. The van der Waals surface area contributed by atoms with Gasteiger partial charge in [-0.2, -0.15) is 0 Å². The van der Waals surface area contributed by atoms with Crippen molar-refractivity contribution in [1.82, 2.24) is 4.90 Å². The molecule has 25 heavy (non-hydrogen) atoms. The van der Waals surface area contributed by atoms with Gasteiger partial charge in [0.2, 0.25) is 5.91 Å². The van der Waals surface area contributed by atoms with E-state index in [4.69, 9.17) is 28.0 Å². The summed E-state index contributed by atoms with van der Waals surface area (Å²) in [6.07, 6.45) is 4.01. The van der Waals surface area contributed by atoms with Crippen molar-refractivity contribution in [3.8, 4) is 0 Å². The van der Waals surface area contributed by atoms with Gasteiger partial charge in [0.25, 0.3) is 0 Å². The highest BCUT2D eigenvalue weighted by atomic mass is 35.5. The van der Waals surface area contributed by atoms with Crippen molar-refractivity contribution in [2.45, 2.75) is 58.6 Å². The number of amides is 1. The zero-order chi connectivity index (χ0) is 17.9. The average Bonchev–Trinajstić information content (AvgIpc) is 3.02. The number of nitrogens with zero attached hydrogens (tertiary/aromatic N) is 2. The van der Waals surface area contributed by atoms with Crippen molar-refractivity contribution >= 4 is 34.8 Å². The number of benzene rings is 1. The zero-order valence-electron chi connectivity index (χ0n) is 14.7. The van der Waals surface area contributed by atoms with Gasteiger partial charge in [-0.15, -0.1) is 0 Å². The van der Waals surface area contributed by atoms with E-state index in [-0.39, 0.29) is 17.9 Å². The molecule has 2 saturated heterocycles. The summed E-state index contributed by atoms with van der Waals surface area (Å²) in [4.78, 5) is 20.9. The van der Waals surface area contributed by atoms with Crippen LogP contribution < -0.4 is 0 Å². The first-order chi connectivity index (χ1) is 11.9.